The molecule has 4 nitrogen and oxygen atoms in total. The van der Waals surface area contributed by atoms with Crippen molar-refractivity contribution in [2.24, 2.45) is 5.73 Å². The number of carbonyl (C=O) groups is 1. The molecule has 0 fully saturated rings. The highest BCUT2D eigenvalue weighted by Gasteiger charge is 2.13. The van der Waals surface area contributed by atoms with Crippen LogP contribution in [0.25, 0.3) is 22.2 Å². The van der Waals surface area contributed by atoms with Crippen molar-refractivity contribution in [3.63, 3.8) is 0 Å². The first kappa shape index (κ1) is 15.2. The number of para-hydroxylation sites is 1. The Morgan fingerprint density at radius 3 is 2.57 bits per heavy atom. The number of carbonyl (C=O) groups excluding carboxylic acids is 1. The lowest BCUT2D eigenvalue weighted by molar-refractivity contribution is 0.0955. The zero-order chi connectivity index (χ0) is 16.1. The third-order valence-corrected chi connectivity index (χ3v) is 3.70. The first-order valence-electron chi connectivity index (χ1n) is 7.73. The number of nitrogens with one attached hydrogen (secondary N) is 1. The van der Waals surface area contributed by atoms with Crippen LogP contribution in [0.4, 0.5) is 0 Å². The lowest BCUT2D eigenvalue weighted by Gasteiger charge is -2.10. The number of pyridine rings is 1. The van der Waals surface area contributed by atoms with Gasteiger partial charge < -0.3 is 11.1 Å². The summed E-state index contributed by atoms with van der Waals surface area (Å²) in [5.74, 6) is -0.0887. The standard InChI is InChI=1S/C19H19N3O/c20-11-6-12-21-19(23)16-13-18(14-7-2-1-3-8-14)22-17-10-5-4-9-15(16)17/h1-5,7-10,13H,6,11-12,20H2,(H,21,23). The van der Waals surface area contributed by atoms with E-state index in [1.54, 1.807) is 0 Å². The average Bonchev–Trinajstić information content (AvgIpc) is 2.61. The largest absolute Gasteiger partial charge is 0.352 e. The van der Waals surface area contributed by atoms with Crippen molar-refractivity contribution < 1.29 is 4.79 Å². The van der Waals surface area contributed by atoms with Gasteiger partial charge in [-0.2, -0.15) is 0 Å². The van der Waals surface area contributed by atoms with Crippen molar-refractivity contribution in [2.75, 3.05) is 13.1 Å². The fourth-order valence-electron chi connectivity index (χ4n) is 2.52. The van der Waals surface area contributed by atoms with E-state index in [4.69, 9.17) is 5.73 Å². The Labute approximate surface area is 135 Å². The van der Waals surface area contributed by atoms with E-state index in [1.165, 1.54) is 0 Å². The second kappa shape index (κ2) is 7.03. The normalized spacial score (nSPS) is 10.7. The van der Waals surface area contributed by atoms with Crippen LogP contribution in [-0.4, -0.2) is 24.0 Å². The molecule has 116 valence electrons. The zero-order valence-corrected chi connectivity index (χ0v) is 12.8. The Balaban J connectivity index is 2.06. The van der Waals surface area contributed by atoms with Crippen LogP contribution in [0.1, 0.15) is 16.8 Å². The van der Waals surface area contributed by atoms with E-state index < -0.39 is 0 Å². The van der Waals surface area contributed by atoms with E-state index in [1.807, 2.05) is 60.7 Å². The van der Waals surface area contributed by atoms with Gasteiger partial charge in [0.15, 0.2) is 0 Å². The number of hydrogen-bond acceptors (Lipinski definition) is 3. The topological polar surface area (TPSA) is 68.0 Å². The molecule has 4 heteroatoms. The van der Waals surface area contributed by atoms with E-state index in [0.717, 1.165) is 28.6 Å². The van der Waals surface area contributed by atoms with Crippen molar-refractivity contribution in [1.29, 1.82) is 0 Å². The third-order valence-electron chi connectivity index (χ3n) is 3.70. The quantitative estimate of drug-likeness (QED) is 0.712. The monoisotopic (exact) mass is 305 g/mol. The maximum absolute atomic E-state index is 12.5. The predicted octanol–water partition coefficient (Wildman–Crippen LogP) is 2.98. The van der Waals surface area contributed by atoms with E-state index >= 15 is 0 Å². The molecular weight excluding hydrogens is 286 g/mol. The highest BCUT2D eigenvalue weighted by Crippen LogP contribution is 2.24. The molecule has 0 saturated heterocycles. The second-order valence-corrected chi connectivity index (χ2v) is 5.34. The summed E-state index contributed by atoms with van der Waals surface area (Å²) in [6, 6.07) is 19.4. The van der Waals surface area contributed by atoms with Gasteiger partial charge in [0, 0.05) is 17.5 Å². The van der Waals surface area contributed by atoms with Crippen molar-refractivity contribution in [3.05, 3.63) is 66.2 Å². The van der Waals surface area contributed by atoms with Crippen LogP contribution in [0.5, 0.6) is 0 Å². The molecule has 0 aliphatic heterocycles. The van der Waals surface area contributed by atoms with E-state index in [-0.39, 0.29) is 5.91 Å². The summed E-state index contributed by atoms with van der Waals surface area (Å²) >= 11 is 0. The Hall–Kier alpha value is -2.72. The number of rotatable bonds is 5. The van der Waals surface area contributed by atoms with Gasteiger partial charge in [0.2, 0.25) is 0 Å². The molecule has 0 saturated carbocycles. The first-order chi connectivity index (χ1) is 11.3. The van der Waals surface area contributed by atoms with E-state index in [2.05, 4.69) is 10.3 Å². The molecule has 0 unspecified atom stereocenters. The minimum Gasteiger partial charge on any atom is -0.352 e. The van der Waals surface area contributed by atoms with E-state index in [9.17, 15) is 4.79 Å². The van der Waals surface area contributed by atoms with Crippen LogP contribution in [-0.2, 0) is 0 Å². The van der Waals surface area contributed by atoms with Gasteiger partial charge in [-0.05, 0) is 25.1 Å². The molecule has 0 aliphatic rings. The third kappa shape index (κ3) is 3.38. The Morgan fingerprint density at radius 2 is 1.78 bits per heavy atom. The van der Waals surface area contributed by atoms with Crippen LogP contribution in [0.15, 0.2) is 60.7 Å². The van der Waals surface area contributed by atoms with Gasteiger partial charge in [-0.25, -0.2) is 4.98 Å². The molecule has 3 rings (SSSR count). The van der Waals surface area contributed by atoms with Crippen molar-refractivity contribution in [3.8, 4) is 11.3 Å². The molecule has 0 bridgehead atoms. The van der Waals surface area contributed by atoms with Crippen LogP contribution in [0.2, 0.25) is 0 Å². The minimum absolute atomic E-state index is 0.0887. The lowest BCUT2D eigenvalue weighted by Crippen LogP contribution is -2.26. The molecule has 1 aromatic heterocycles. The van der Waals surface area contributed by atoms with Crippen LogP contribution in [0, 0.1) is 0 Å². The molecule has 0 spiro atoms. The molecule has 0 atom stereocenters. The SMILES string of the molecule is NCCCNC(=O)c1cc(-c2ccccc2)nc2ccccc12. The van der Waals surface area contributed by atoms with Crippen LogP contribution < -0.4 is 11.1 Å². The molecule has 3 aromatic rings. The predicted molar refractivity (Wildman–Crippen MR) is 93.2 cm³/mol. The highest BCUT2D eigenvalue weighted by molar-refractivity contribution is 6.07. The smallest absolute Gasteiger partial charge is 0.252 e. The van der Waals surface area contributed by atoms with Gasteiger partial charge in [0.1, 0.15) is 0 Å². The summed E-state index contributed by atoms with van der Waals surface area (Å²) in [6.07, 6.45) is 0.764. The van der Waals surface area contributed by atoms with E-state index in [0.29, 0.717) is 18.7 Å². The number of fused-ring (bicyclic) bond motifs is 1. The maximum Gasteiger partial charge on any atom is 0.252 e. The fourth-order valence-corrected chi connectivity index (χ4v) is 2.52. The van der Waals surface area contributed by atoms with Crippen molar-refractivity contribution in [2.45, 2.75) is 6.42 Å². The minimum atomic E-state index is -0.0887. The number of amides is 1. The zero-order valence-electron chi connectivity index (χ0n) is 12.8. The molecular formula is C19H19N3O. The van der Waals surface area contributed by atoms with Crippen molar-refractivity contribution in [1.82, 2.24) is 10.3 Å². The Morgan fingerprint density at radius 1 is 1.04 bits per heavy atom. The number of aromatic nitrogens is 1. The molecule has 3 N–H and O–H groups in total. The molecule has 2 aromatic carbocycles. The lowest BCUT2D eigenvalue weighted by atomic mass is 10.0. The summed E-state index contributed by atoms with van der Waals surface area (Å²) in [7, 11) is 0. The molecule has 1 amide bonds. The Kier molecular flexibility index (Phi) is 4.64. The van der Waals surface area contributed by atoms with Gasteiger partial charge >= 0.3 is 0 Å². The number of hydrogen-bond donors (Lipinski definition) is 2. The molecule has 1 heterocycles. The van der Waals surface area contributed by atoms with Gasteiger partial charge in [0.25, 0.3) is 5.91 Å². The summed E-state index contributed by atoms with van der Waals surface area (Å²) in [4.78, 5) is 17.2. The summed E-state index contributed by atoms with van der Waals surface area (Å²) < 4.78 is 0. The number of nitrogens with two attached hydrogens (primary N) is 1. The molecule has 0 aliphatic carbocycles. The maximum atomic E-state index is 12.5. The Bertz CT molecular complexity index is 815. The summed E-state index contributed by atoms with van der Waals surface area (Å²) in [5.41, 5.74) is 8.74. The van der Waals surface area contributed by atoms with Crippen molar-refractivity contribution >= 4 is 16.8 Å². The van der Waals surface area contributed by atoms with Crippen LogP contribution >= 0.6 is 0 Å². The number of benzene rings is 2. The second-order valence-electron chi connectivity index (χ2n) is 5.34. The van der Waals surface area contributed by atoms with Crippen LogP contribution in [0.3, 0.4) is 0 Å². The van der Waals surface area contributed by atoms with Gasteiger partial charge in [-0.15, -0.1) is 0 Å². The molecule has 0 radical (unpaired) electrons. The van der Waals surface area contributed by atoms with Gasteiger partial charge in [-0.1, -0.05) is 48.5 Å². The highest BCUT2D eigenvalue weighted by atomic mass is 16.1. The van der Waals surface area contributed by atoms with Gasteiger partial charge in [-0.3, -0.25) is 4.79 Å². The number of nitrogens with zero attached hydrogens (tertiary/aromatic N) is 1. The fraction of sp³-hybridized carbons (Fsp3) is 0.158. The molecule has 23 heavy (non-hydrogen) atoms. The van der Waals surface area contributed by atoms with Gasteiger partial charge in [0.05, 0.1) is 16.8 Å². The average molecular weight is 305 g/mol. The summed E-state index contributed by atoms with van der Waals surface area (Å²) in [5, 5.41) is 3.78. The first-order valence-corrected chi connectivity index (χ1v) is 7.73. The summed E-state index contributed by atoms with van der Waals surface area (Å²) in [6.45, 7) is 1.14.